The SMILES string of the molecule is CC(=O)OC1(CN(C)C)CCN(c2c(F)cc3c(=O)c(C(=O)O)cn(C4CC4)c3c2F)C1. The second-order valence-corrected chi connectivity index (χ2v) is 8.92. The van der Waals surface area contributed by atoms with Gasteiger partial charge in [-0.3, -0.25) is 9.59 Å². The van der Waals surface area contributed by atoms with Gasteiger partial charge in [-0.25, -0.2) is 13.6 Å². The van der Waals surface area contributed by atoms with Crippen molar-refractivity contribution in [1.82, 2.24) is 9.47 Å². The van der Waals surface area contributed by atoms with Crippen LogP contribution in [0.2, 0.25) is 0 Å². The molecule has 0 bridgehead atoms. The number of likely N-dealkylation sites (N-methyl/N-ethyl adjacent to an activating group) is 1. The predicted molar refractivity (Wildman–Crippen MR) is 113 cm³/mol. The Morgan fingerprint density at radius 1 is 1.31 bits per heavy atom. The van der Waals surface area contributed by atoms with E-state index >= 15 is 8.78 Å². The van der Waals surface area contributed by atoms with Crippen LogP contribution < -0.4 is 10.3 Å². The van der Waals surface area contributed by atoms with E-state index in [1.807, 2.05) is 19.0 Å². The molecular weight excluding hydrogens is 424 g/mol. The maximum atomic E-state index is 15.8. The molecule has 2 heterocycles. The van der Waals surface area contributed by atoms with Gasteiger partial charge in [-0.2, -0.15) is 0 Å². The van der Waals surface area contributed by atoms with Crippen LogP contribution in [0.4, 0.5) is 14.5 Å². The van der Waals surface area contributed by atoms with Crippen molar-refractivity contribution >= 4 is 28.5 Å². The van der Waals surface area contributed by atoms with Crippen LogP contribution >= 0.6 is 0 Å². The molecule has 1 aromatic heterocycles. The van der Waals surface area contributed by atoms with Crippen molar-refractivity contribution in [3.63, 3.8) is 0 Å². The van der Waals surface area contributed by atoms with E-state index in [2.05, 4.69) is 0 Å². The lowest BCUT2D eigenvalue weighted by atomic mass is 10.0. The Morgan fingerprint density at radius 2 is 2.00 bits per heavy atom. The van der Waals surface area contributed by atoms with E-state index in [1.54, 1.807) is 0 Å². The summed E-state index contributed by atoms with van der Waals surface area (Å²) in [5, 5.41) is 9.07. The van der Waals surface area contributed by atoms with Crippen molar-refractivity contribution in [3.8, 4) is 0 Å². The number of pyridine rings is 1. The first kappa shape index (κ1) is 22.2. The summed E-state index contributed by atoms with van der Waals surface area (Å²) >= 11 is 0. The number of carboxylic acids is 1. The van der Waals surface area contributed by atoms with Gasteiger partial charge in [0, 0.05) is 38.7 Å². The highest BCUT2D eigenvalue weighted by molar-refractivity contribution is 5.94. The number of anilines is 1. The summed E-state index contributed by atoms with van der Waals surface area (Å²) in [6.07, 6.45) is 2.96. The Labute approximate surface area is 183 Å². The van der Waals surface area contributed by atoms with Gasteiger partial charge in [0.2, 0.25) is 5.43 Å². The Morgan fingerprint density at radius 3 is 2.56 bits per heavy atom. The number of benzene rings is 1. The topological polar surface area (TPSA) is 92.1 Å². The van der Waals surface area contributed by atoms with Crippen LogP contribution in [0, 0.1) is 11.6 Å². The number of hydrogen-bond donors (Lipinski definition) is 1. The van der Waals surface area contributed by atoms with Gasteiger partial charge < -0.3 is 24.2 Å². The highest BCUT2D eigenvalue weighted by Crippen LogP contribution is 2.41. The van der Waals surface area contributed by atoms with Crippen LogP contribution in [0.25, 0.3) is 10.9 Å². The molecule has 1 unspecified atom stereocenters. The highest BCUT2D eigenvalue weighted by Gasteiger charge is 2.43. The van der Waals surface area contributed by atoms with Gasteiger partial charge in [0.15, 0.2) is 5.82 Å². The number of rotatable bonds is 6. The van der Waals surface area contributed by atoms with Crippen LogP contribution in [-0.4, -0.2) is 65.8 Å². The summed E-state index contributed by atoms with van der Waals surface area (Å²) in [5.74, 6) is -3.78. The molecule has 2 aliphatic rings. The van der Waals surface area contributed by atoms with E-state index in [-0.39, 0.29) is 35.7 Å². The van der Waals surface area contributed by atoms with Crippen molar-refractivity contribution < 1.29 is 28.2 Å². The normalized spacial score (nSPS) is 20.9. The molecule has 172 valence electrons. The van der Waals surface area contributed by atoms with Crippen LogP contribution in [0.15, 0.2) is 17.1 Å². The minimum atomic E-state index is -1.44. The highest BCUT2D eigenvalue weighted by atomic mass is 19.1. The quantitative estimate of drug-likeness (QED) is 0.677. The molecule has 4 rings (SSSR count). The van der Waals surface area contributed by atoms with E-state index in [9.17, 15) is 19.5 Å². The smallest absolute Gasteiger partial charge is 0.341 e. The van der Waals surface area contributed by atoms with Gasteiger partial charge in [0.05, 0.1) is 17.4 Å². The zero-order chi connectivity index (χ0) is 23.4. The van der Waals surface area contributed by atoms with E-state index in [0.717, 1.165) is 12.3 Å². The Kier molecular flexibility index (Phi) is 5.44. The molecule has 1 atom stereocenters. The fourth-order valence-electron chi connectivity index (χ4n) is 4.68. The maximum Gasteiger partial charge on any atom is 0.341 e. The lowest BCUT2D eigenvalue weighted by molar-refractivity contribution is -0.156. The number of carbonyl (C=O) groups excluding carboxylic acids is 1. The lowest BCUT2D eigenvalue weighted by Crippen LogP contribution is -2.46. The third-order valence-corrected chi connectivity index (χ3v) is 5.95. The van der Waals surface area contributed by atoms with Crippen molar-refractivity contribution in [1.29, 1.82) is 0 Å². The van der Waals surface area contributed by atoms with Crippen LogP contribution in [0.3, 0.4) is 0 Å². The monoisotopic (exact) mass is 449 g/mol. The number of carbonyl (C=O) groups is 2. The fourth-order valence-corrected chi connectivity index (χ4v) is 4.68. The Hall–Kier alpha value is -3.01. The summed E-state index contributed by atoms with van der Waals surface area (Å²) < 4.78 is 38.0. The Bertz CT molecular complexity index is 1170. The number of esters is 1. The first-order chi connectivity index (χ1) is 15.0. The molecule has 1 aliphatic heterocycles. The Balaban J connectivity index is 1.85. The minimum absolute atomic E-state index is 0.0883. The lowest BCUT2D eigenvalue weighted by Gasteiger charge is -2.32. The molecule has 0 spiro atoms. The van der Waals surface area contributed by atoms with Gasteiger partial charge in [0.25, 0.3) is 0 Å². The zero-order valence-corrected chi connectivity index (χ0v) is 18.2. The zero-order valence-electron chi connectivity index (χ0n) is 18.2. The number of aromatic carboxylic acids is 1. The molecule has 8 nitrogen and oxygen atoms in total. The summed E-state index contributed by atoms with van der Waals surface area (Å²) in [6.45, 7) is 2.02. The largest absolute Gasteiger partial charge is 0.477 e. The number of ether oxygens (including phenoxy) is 1. The van der Waals surface area contributed by atoms with Crippen molar-refractivity contribution in [2.45, 2.75) is 37.8 Å². The van der Waals surface area contributed by atoms with E-state index in [1.165, 1.54) is 16.4 Å². The van der Waals surface area contributed by atoms with Gasteiger partial charge >= 0.3 is 11.9 Å². The third-order valence-electron chi connectivity index (χ3n) is 5.95. The number of aromatic nitrogens is 1. The minimum Gasteiger partial charge on any atom is -0.477 e. The number of hydrogen-bond acceptors (Lipinski definition) is 6. The molecule has 0 radical (unpaired) electrons. The maximum absolute atomic E-state index is 15.8. The van der Waals surface area contributed by atoms with E-state index in [4.69, 9.17) is 4.74 Å². The predicted octanol–water partition coefficient (Wildman–Crippen LogP) is 2.39. The summed E-state index contributed by atoms with van der Waals surface area (Å²) in [6, 6.07) is 0.774. The van der Waals surface area contributed by atoms with Gasteiger partial charge in [-0.1, -0.05) is 0 Å². The van der Waals surface area contributed by atoms with E-state index < -0.39 is 40.2 Å². The van der Waals surface area contributed by atoms with Crippen LogP contribution in [0.5, 0.6) is 0 Å². The average molecular weight is 449 g/mol. The molecule has 1 N–H and O–H groups in total. The fraction of sp³-hybridized carbons (Fsp3) is 0.500. The molecule has 1 saturated heterocycles. The average Bonchev–Trinajstić information content (AvgIpc) is 3.44. The van der Waals surface area contributed by atoms with Gasteiger partial charge in [-0.05, 0) is 33.0 Å². The van der Waals surface area contributed by atoms with Crippen LogP contribution in [-0.2, 0) is 9.53 Å². The summed E-state index contributed by atoms with van der Waals surface area (Å²) in [5.41, 5.74) is -2.76. The first-order valence-corrected chi connectivity index (χ1v) is 10.4. The number of fused-ring (bicyclic) bond motifs is 1. The summed E-state index contributed by atoms with van der Waals surface area (Å²) in [7, 11) is 3.64. The molecular formula is C22H25F2N3O5. The molecule has 2 fully saturated rings. The number of nitrogens with zero attached hydrogens (tertiary/aromatic N) is 3. The second-order valence-electron chi connectivity index (χ2n) is 8.92. The van der Waals surface area contributed by atoms with Crippen LogP contribution in [0.1, 0.15) is 42.6 Å². The van der Waals surface area contributed by atoms with Gasteiger partial charge in [-0.15, -0.1) is 0 Å². The molecule has 1 aliphatic carbocycles. The molecule has 1 saturated carbocycles. The summed E-state index contributed by atoms with van der Waals surface area (Å²) in [4.78, 5) is 39.2. The molecule has 0 amide bonds. The third kappa shape index (κ3) is 3.83. The standard InChI is InChI=1S/C22H25F2N3O5/c1-12(28)32-22(10-25(2)3)6-7-26(11-22)19-16(23)8-14-18(17(19)24)27(13-4-5-13)9-15(20(14)29)21(30)31/h8-9,13H,4-7,10-11H2,1-3H3,(H,30,31). The van der Waals surface area contributed by atoms with Crippen molar-refractivity contribution in [2.24, 2.45) is 0 Å². The van der Waals surface area contributed by atoms with Gasteiger partial charge in [0.1, 0.15) is 22.7 Å². The molecule has 10 heteroatoms. The number of halogens is 2. The van der Waals surface area contributed by atoms with Crippen molar-refractivity contribution in [3.05, 3.63) is 39.7 Å². The van der Waals surface area contributed by atoms with E-state index in [0.29, 0.717) is 25.8 Å². The molecule has 2 aromatic rings. The number of carboxylic acid groups (broad SMARTS) is 1. The van der Waals surface area contributed by atoms with Crippen molar-refractivity contribution in [2.75, 3.05) is 38.6 Å². The first-order valence-electron chi connectivity index (χ1n) is 10.4. The molecule has 1 aromatic carbocycles. The second kappa shape index (κ2) is 7.84. The molecule has 32 heavy (non-hydrogen) atoms.